The fraction of sp³-hybridized carbons (Fsp3) is 0.176. The Labute approximate surface area is 156 Å². The van der Waals surface area contributed by atoms with Gasteiger partial charge in [-0.1, -0.05) is 17.7 Å². The van der Waals surface area contributed by atoms with Gasteiger partial charge in [0, 0.05) is 12.3 Å². The van der Waals surface area contributed by atoms with Crippen molar-refractivity contribution in [1.29, 1.82) is 0 Å². The van der Waals surface area contributed by atoms with Gasteiger partial charge in [-0.2, -0.15) is 0 Å². The first-order valence-corrected chi connectivity index (χ1v) is 8.72. The smallest absolute Gasteiger partial charge is 0.145 e. The highest BCUT2D eigenvalue weighted by Crippen LogP contribution is 2.45. The molecule has 0 spiro atoms. The molecule has 24 heavy (non-hydrogen) atoms. The van der Waals surface area contributed by atoms with Crippen LogP contribution in [0.15, 0.2) is 30.5 Å². The van der Waals surface area contributed by atoms with Gasteiger partial charge < -0.3 is 9.72 Å². The van der Waals surface area contributed by atoms with Crippen molar-refractivity contribution in [2.45, 2.75) is 19.4 Å². The van der Waals surface area contributed by atoms with Crippen molar-refractivity contribution in [3.63, 3.8) is 0 Å². The van der Waals surface area contributed by atoms with Crippen LogP contribution in [0.5, 0.6) is 5.75 Å². The second-order valence-corrected chi connectivity index (χ2v) is 7.53. The Morgan fingerprint density at radius 2 is 2.12 bits per heavy atom. The number of aromatic amines is 1. The second-order valence-electron chi connectivity index (χ2n) is 6.02. The largest absolute Gasteiger partial charge is 0.481 e. The number of pyridine rings is 1. The van der Waals surface area contributed by atoms with Gasteiger partial charge in [0.25, 0.3) is 0 Å². The van der Waals surface area contributed by atoms with Crippen LogP contribution in [0.1, 0.15) is 19.5 Å². The van der Waals surface area contributed by atoms with E-state index in [0.29, 0.717) is 22.3 Å². The summed E-state index contributed by atoms with van der Waals surface area (Å²) >= 11 is 8.31. The lowest BCUT2D eigenvalue weighted by Crippen LogP contribution is -2.29. The molecule has 1 aromatic carbocycles. The molecule has 2 aromatic heterocycles. The fourth-order valence-electron chi connectivity index (χ4n) is 2.85. The molecule has 1 aliphatic rings. The Kier molecular flexibility index (Phi) is 3.58. The fourth-order valence-corrected chi connectivity index (χ4v) is 3.52. The summed E-state index contributed by atoms with van der Waals surface area (Å²) in [5.74, 6) is 0.670. The van der Waals surface area contributed by atoms with Gasteiger partial charge in [-0.3, -0.25) is 0 Å². The first kappa shape index (κ1) is 15.8. The van der Waals surface area contributed by atoms with Crippen LogP contribution in [-0.4, -0.2) is 15.0 Å². The van der Waals surface area contributed by atoms with E-state index in [0.717, 1.165) is 15.0 Å². The summed E-state index contributed by atoms with van der Waals surface area (Å²) in [7, 11) is 0. The monoisotopic (exact) mass is 455 g/mol. The Bertz CT molecular complexity index is 950. The first-order chi connectivity index (χ1) is 11.4. The van der Waals surface area contributed by atoms with E-state index in [2.05, 4.69) is 37.5 Å². The van der Waals surface area contributed by atoms with Gasteiger partial charge in [-0.05, 0) is 48.6 Å². The van der Waals surface area contributed by atoms with E-state index in [1.807, 2.05) is 19.9 Å². The minimum Gasteiger partial charge on any atom is -0.481 e. The zero-order valence-corrected chi connectivity index (χ0v) is 15.7. The van der Waals surface area contributed by atoms with E-state index in [1.54, 1.807) is 18.3 Å². The molecule has 4 rings (SSSR count). The van der Waals surface area contributed by atoms with Crippen molar-refractivity contribution >= 4 is 34.2 Å². The number of halogens is 3. The zero-order valence-electron chi connectivity index (χ0n) is 12.8. The Morgan fingerprint density at radius 1 is 1.33 bits per heavy atom. The standard InChI is InChI=1S/C17H12ClFIN3O/c1-17(2)15-14(8-7-21-12(20)6-11(8)24-17)22-16(23-15)13-9(18)4-3-5-10(13)19/h3-7H,1-2H3,(H,22,23). The highest BCUT2D eigenvalue weighted by Gasteiger charge is 2.36. The molecule has 0 bridgehead atoms. The van der Waals surface area contributed by atoms with E-state index >= 15 is 0 Å². The van der Waals surface area contributed by atoms with Crippen LogP contribution in [-0.2, 0) is 5.60 Å². The van der Waals surface area contributed by atoms with Crippen molar-refractivity contribution in [3.8, 4) is 28.4 Å². The van der Waals surface area contributed by atoms with Crippen molar-refractivity contribution in [1.82, 2.24) is 15.0 Å². The molecule has 0 radical (unpaired) electrons. The number of aromatic nitrogens is 3. The Balaban J connectivity index is 1.97. The summed E-state index contributed by atoms with van der Waals surface area (Å²) in [4.78, 5) is 12.1. The predicted molar refractivity (Wildman–Crippen MR) is 98.6 cm³/mol. The minimum atomic E-state index is -0.629. The molecule has 7 heteroatoms. The number of rotatable bonds is 1. The summed E-state index contributed by atoms with van der Waals surface area (Å²) in [6, 6.07) is 6.44. The Morgan fingerprint density at radius 3 is 2.88 bits per heavy atom. The highest BCUT2D eigenvalue weighted by molar-refractivity contribution is 14.1. The molecule has 4 nitrogen and oxygen atoms in total. The average Bonchev–Trinajstić information content (AvgIpc) is 2.92. The van der Waals surface area contributed by atoms with Gasteiger partial charge in [0.2, 0.25) is 0 Å². The third-order valence-electron chi connectivity index (χ3n) is 3.96. The second kappa shape index (κ2) is 5.42. The zero-order chi connectivity index (χ0) is 17.1. The molecular weight excluding hydrogens is 444 g/mol. The van der Waals surface area contributed by atoms with E-state index in [-0.39, 0.29) is 5.56 Å². The van der Waals surface area contributed by atoms with Crippen molar-refractivity contribution in [2.75, 3.05) is 0 Å². The number of benzene rings is 1. The number of imidazole rings is 1. The van der Waals surface area contributed by atoms with Crippen LogP contribution >= 0.6 is 34.2 Å². The van der Waals surface area contributed by atoms with Gasteiger partial charge in [0.1, 0.15) is 32.4 Å². The molecule has 122 valence electrons. The molecule has 0 aliphatic carbocycles. The van der Waals surface area contributed by atoms with E-state index < -0.39 is 11.4 Å². The average molecular weight is 456 g/mol. The van der Waals surface area contributed by atoms with Gasteiger partial charge in [0.15, 0.2) is 0 Å². The van der Waals surface area contributed by atoms with E-state index in [1.165, 1.54) is 6.07 Å². The molecule has 1 aliphatic heterocycles. The summed E-state index contributed by atoms with van der Waals surface area (Å²) in [5.41, 5.74) is 1.88. The first-order valence-electron chi connectivity index (χ1n) is 7.26. The maximum atomic E-state index is 14.3. The number of fused-ring (bicyclic) bond motifs is 3. The lowest BCUT2D eigenvalue weighted by molar-refractivity contribution is 0.101. The number of nitrogens with one attached hydrogen (secondary N) is 1. The van der Waals surface area contributed by atoms with Crippen molar-refractivity contribution in [3.05, 3.63) is 50.7 Å². The van der Waals surface area contributed by atoms with Crippen LogP contribution < -0.4 is 4.74 Å². The van der Waals surface area contributed by atoms with Crippen molar-refractivity contribution in [2.24, 2.45) is 0 Å². The molecule has 0 atom stereocenters. The lowest BCUT2D eigenvalue weighted by Gasteiger charge is -2.31. The number of H-pyrrole nitrogens is 1. The molecule has 1 N–H and O–H groups in total. The topological polar surface area (TPSA) is 50.8 Å². The molecule has 0 fully saturated rings. The molecule has 0 saturated carbocycles. The van der Waals surface area contributed by atoms with E-state index in [4.69, 9.17) is 16.3 Å². The maximum absolute atomic E-state index is 14.3. The highest BCUT2D eigenvalue weighted by atomic mass is 127. The van der Waals surface area contributed by atoms with Gasteiger partial charge in [-0.25, -0.2) is 14.4 Å². The molecule has 0 saturated heterocycles. The lowest BCUT2D eigenvalue weighted by atomic mass is 9.96. The van der Waals surface area contributed by atoms with Crippen LogP contribution in [0, 0.1) is 9.52 Å². The molecule has 0 amide bonds. The summed E-state index contributed by atoms with van der Waals surface area (Å²) < 4.78 is 21.2. The predicted octanol–water partition coefficient (Wildman–Crippen LogP) is 5.16. The van der Waals surface area contributed by atoms with Crippen LogP contribution in [0.3, 0.4) is 0 Å². The van der Waals surface area contributed by atoms with Gasteiger partial charge in [-0.15, -0.1) is 0 Å². The summed E-state index contributed by atoms with van der Waals surface area (Å²) in [6.07, 6.45) is 1.72. The molecule has 0 unspecified atom stereocenters. The quantitative estimate of drug-likeness (QED) is 0.407. The molecular formula is C17H12ClFIN3O. The maximum Gasteiger partial charge on any atom is 0.145 e. The van der Waals surface area contributed by atoms with Crippen molar-refractivity contribution < 1.29 is 9.13 Å². The third-order valence-corrected chi connectivity index (χ3v) is 4.86. The molecule has 3 heterocycles. The third kappa shape index (κ3) is 2.39. The number of hydrogen-bond acceptors (Lipinski definition) is 3. The van der Waals surface area contributed by atoms with Crippen LogP contribution in [0.2, 0.25) is 5.02 Å². The van der Waals surface area contributed by atoms with Gasteiger partial charge in [0.05, 0.1) is 21.8 Å². The number of ether oxygens (including phenoxy) is 1. The number of hydrogen-bond donors (Lipinski definition) is 1. The summed E-state index contributed by atoms with van der Waals surface area (Å²) in [5, 5.41) is 0.306. The van der Waals surface area contributed by atoms with Gasteiger partial charge >= 0.3 is 0 Å². The van der Waals surface area contributed by atoms with Crippen LogP contribution in [0.4, 0.5) is 4.39 Å². The molecule has 3 aromatic rings. The summed E-state index contributed by atoms with van der Waals surface area (Å²) in [6.45, 7) is 3.87. The SMILES string of the molecule is CC1(C)Oc2cc(I)ncc2-c2nc(-c3c(F)cccc3Cl)[nH]c21. The normalized spacial score (nSPS) is 14.7. The van der Waals surface area contributed by atoms with E-state index in [9.17, 15) is 4.39 Å². The minimum absolute atomic E-state index is 0.254. The van der Waals surface area contributed by atoms with Crippen LogP contribution in [0.25, 0.3) is 22.6 Å². The number of nitrogens with zero attached hydrogens (tertiary/aromatic N) is 2. The Hall–Kier alpha value is -1.67.